The minimum Gasteiger partial charge on any atom is -0.327 e. The minimum atomic E-state index is 0.260. The van der Waals surface area contributed by atoms with E-state index in [9.17, 15) is 0 Å². The Hall–Kier alpha value is -0.830. The van der Waals surface area contributed by atoms with Gasteiger partial charge in [-0.25, -0.2) is 0 Å². The van der Waals surface area contributed by atoms with Crippen LogP contribution in [-0.4, -0.2) is 15.8 Å². The first-order chi connectivity index (χ1) is 10.2. The molecule has 3 nitrogen and oxygen atoms in total. The van der Waals surface area contributed by atoms with E-state index in [2.05, 4.69) is 30.8 Å². The molecule has 21 heavy (non-hydrogen) atoms. The van der Waals surface area contributed by atoms with E-state index in [1.165, 1.54) is 63.5 Å². The SMILES string of the molecule is CCCCC(CC)C(N)Cc1ccn(C2CCCCC2)n1. The Labute approximate surface area is 130 Å². The van der Waals surface area contributed by atoms with Crippen molar-refractivity contribution in [2.24, 2.45) is 11.7 Å². The molecular weight excluding hydrogens is 258 g/mol. The van der Waals surface area contributed by atoms with Gasteiger partial charge in [-0.3, -0.25) is 4.68 Å². The Balaban J connectivity index is 1.88. The molecule has 2 N–H and O–H groups in total. The van der Waals surface area contributed by atoms with Crippen LogP contribution in [0.15, 0.2) is 12.3 Å². The molecule has 0 radical (unpaired) electrons. The molecular formula is C18H33N3. The van der Waals surface area contributed by atoms with Gasteiger partial charge in [0.15, 0.2) is 0 Å². The highest BCUT2D eigenvalue weighted by Crippen LogP contribution is 2.27. The zero-order valence-electron chi connectivity index (χ0n) is 13.9. The van der Waals surface area contributed by atoms with Crippen LogP contribution in [0.3, 0.4) is 0 Å². The predicted octanol–water partition coefficient (Wildman–Crippen LogP) is 4.47. The average Bonchev–Trinajstić information content (AvgIpc) is 2.97. The molecule has 2 atom stereocenters. The lowest BCUT2D eigenvalue weighted by Crippen LogP contribution is -2.32. The molecule has 0 spiro atoms. The van der Waals surface area contributed by atoms with Crippen molar-refractivity contribution >= 4 is 0 Å². The van der Waals surface area contributed by atoms with Crippen molar-refractivity contribution in [3.05, 3.63) is 18.0 Å². The summed E-state index contributed by atoms with van der Waals surface area (Å²) in [7, 11) is 0. The van der Waals surface area contributed by atoms with Crippen LogP contribution in [0.2, 0.25) is 0 Å². The smallest absolute Gasteiger partial charge is 0.0640 e. The van der Waals surface area contributed by atoms with Crippen LogP contribution in [-0.2, 0) is 6.42 Å². The van der Waals surface area contributed by atoms with Gasteiger partial charge in [0.25, 0.3) is 0 Å². The van der Waals surface area contributed by atoms with Gasteiger partial charge >= 0.3 is 0 Å². The van der Waals surface area contributed by atoms with Crippen molar-refractivity contribution in [1.82, 2.24) is 9.78 Å². The van der Waals surface area contributed by atoms with E-state index in [0.717, 1.165) is 6.42 Å². The van der Waals surface area contributed by atoms with Gasteiger partial charge in [0, 0.05) is 18.7 Å². The molecule has 2 rings (SSSR count). The van der Waals surface area contributed by atoms with Crippen LogP contribution < -0.4 is 5.73 Å². The molecule has 0 amide bonds. The van der Waals surface area contributed by atoms with Crippen LogP contribution in [0.25, 0.3) is 0 Å². The molecule has 0 aliphatic heterocycles. The molecule has 1 aromatic rings. The molecule has 120 valence electrons. The van der Waals surface area contributed by atoms with E-state index < -0.39 is 0 Å². The second-order valence-corrected chi connectivity index (χ2v) is 6.76. The number of nitrogens with two attached hydrogens (primary N) is 1. The van der Waals surface area contributed by atoms with Crippen LogP contribution in [0.4, 0.5) is 0 Å². The molecule has 0 bridgehead atoms. The molecule has 1 aromatic heterocycles. The van der Waals surface area contributed by atoms with Crippen LogP contribution >= 0.6 is 0 Å². The second-order valence-electron chi connectivity index (χ2n) is 6.76. The van der Waals surface area contributed by atoms with Crippen molar-refractivity contribution < 1.29 is 0 Å². The van der Waals surface area contributed by atoms with Crippen LogP contribution in [0, 0.1) is 5.92 Å². The minimum absolute atomic E-state index is 0.260. The highest BCUT2D eigenvalue weighted by molar-refractivity contribution is 5.03. The summed E-state index contributed by atoms with van der Waals surface area (Å²) in [6.45, 7) is 4.52. The number of aromatic nitrogens is 2. The zero-order chi connectivity index (χ0) is 15.1. The van der Waals surface area contributed by atoms with E-state index in [-0.39, 0.29) is 6.04 Å². The van der Waals surface area contributed by atoms with Gasteiger partial charge < -0.3 is 5.73 Å². The predicted molar refractivity (Wildman–Crippen MR) is 89.3 cm³/mol. The average molecular weight is 291 g/mol. The third kappa shape index (κ3) is 4.84. The van der Waals surface area contributed by atoms with Gasteiger partial charge in [-0.2, -0.15) is 5.10 Å². The number of rotatable bonds is 8. The first-order valence-corrected chi connectivity index (χ1v) is 9.04. The monoisotopic (exact) mass is 291 g/mol. The summed E-state index contributed by atoms with van der Waals surface area (Å²) in [4.78, 5) is 0. The molecule has 1 fully saturated rings. The summed E-state index contributed by atoms with van der Waals surface area (Å²) in [6, 6.07) is 3.07. The highest BCUT2D eigenvalue weighted by Gasteiger charge is 2.19. The summed E-state index contributed by atoms with van der Waals surface area (Å²) in [5.74, 6) is 0.643. The molecule has 2 unspecified atom stereocenters. The third-order valence-corrected chi connectivity index (χ3v) is 5.12. The summed E-state index contributed by atoms with van der Waals surface area (Å²) < 4.78 is 2.20. The summed E-state index contributed by atoms with van der Waals surface area (Å²) in [5.41, 5.74) is 7.62. The number of hydrogen-bond acceptors (Lipinski definition) is 2. The van der Waals surface area contributed by atoms with Crippen molar-refractivity contribution in [3.63, 3.8) is 0 Å². The maximum absolute atomic E-state index is 6.44. The standard InChI is InChI=1S/C18H33N3/c1-3-5-9-15(4-2)18(19)14-16-12-13-21(20-16)17-10-7-6-8-11-17/h12-13,15,17-18H,3-11,14,19H2,1-2H3. The quantitative estimate of drug-likeness (QED) is 0.767. The normalized spacial score (nSPS) is 19.6. The largest absolute Gasteiger partial charge is 0.327 e. The van der Waals surface area contributed by atoms with Gasteiger partial charge in [-0.15, -0.1) is 0 Å². The Kier molecular flexibility index (Phi) is 6.75. The first kappa shape index (κ1) is 16.5. The van der Waals surface area contributed by atoms with Crippen molar-refractivity contribution in [2.45, 2.75) is 90.1 Å². The molecule has 1 heterocycles. The lowest BCUT2D eigenvalue weighted by Gasteiger charge is -2.23. The highest BCUT2D eigenvalue weighted by atomic mass is 15.3. The Bertz CT molecular complexity index is 393. The van der Waals surface area contributed by atoms with Crippen molar-refractivity contribution in [3.8, 4) is 0 Å². The fraction of sp³-hybridized carbons (Fsp3) is 0.833. The van der Waals surface area contributed by atoms with Gasteiger partial charge in [0.05, 0.1) is 11.7 Å². The number of hydrogen-bond donors (Lipinski definition) is 1. The summed E-state index contributed by atoms with van der Waals surface area (Å²) >= 11 is 0. The van der Waals surface area contributed by atoms with Crippen molar-refractivity contribution in [1.29, 1.82) is 0 Å². The summed E-state index contributed by atoms with van der Waals surface area (Å²) in [5, 5.41) is 4.81. The fourth-order valence-electron chi connectivity index (χ4n) is 3.63. The maximum atomic E-state index is 6.44. The van der Waals surface area contributed by atoms with E-state index in [4.69, 9.17) is 10.8 Å². The Morgan fingerprint density at radius 1 is 1.29 bits per heavy atom. The molecule has 3 heteroatoms. The Morgan fingerprint density at radius 3 is 2.71 bits per heavy atom. The fourth-order valence-corrected chi connectivity index (χ4v) is 3.63. The Morgan fingerprint density at radius 2 is 2.05 bits per heavy atom. The number of unbranched alkanes of at least 4 members (excludes halogenated alkanes) is 1. The van der Waals surface area contributed by atoms with Gasteiger partial charge in [0.1, 0.15) is 0 Å². The van der Waals surface area contributed by atoms with E-state index in [1.54, 1.807) is 0 Å². The van der Waals surface area contributed by atoms with E-state index >= 15 is 0 Å². The first-order valence-electron chi connectivity index (χ1n) is 9.04. The molecule has 1 saturated carbocycles. The van der Waals surface area contributed by atoms with Gasteiger partial charge in [-0.1, -0.05) is 52.4 Å². The lowest BCUT2D eigenvalue weighted by molar-refractivity contribution is 0.325. The molecule has 1 aliphatic carbocycles. The van der Waals surface area contributed by atoms with Gasteiger partial charge in [0.2, 0.25) is 0 Å². The molecule has 1 aliphatic rings. The zero-order valence-corrected chi connectivity index (χ0v) is 13.9. The van der Waals surface area contributed by atoms with Crippen LogP contribution in [0.5, 0.6) is 0 Å². The van der Waals surface area contributed by atoms with Crippen molar-refractivity contribution in [2.75, 3.05) is 0 Å². The summed E-state index contributed by atoms with van der Waals surface area (Å²) in [6.07, 6.45) is 14.8. The van der Waals surface area contributed by atoms with Gasteiger partial charge in [-0.05, 0) is 31.2 Å². The topological polar surface area (TPSA) is 43.8 Å². The van der Waals surface area contributed by atoms with E-state index in [1.807, 2.05) is 0 Å². The van der Waals surface area contributed by atoms with E-state index in [0.29, 0.717) is 12.0 Å². The maximum Gasteiger partial charge on any atom is 0.0640 e. The van der Waals surface area contributed by atoms with Crippen LogP contribution in [0.1, 0.15) is 83.4 Å². The number of nitrogens with zero attached hydrogens (tertiary/aromatic N) is 2. The second kappa shape index (κ2) is 8.57. The lowest BCUT2D eigenvalue weighted by atomic mass is 9.89. The molecule has 0 aromatic carbocycles. The third-order valence-electron chi connectivity index (χ3n) is 5.12. The molecule has 0 saturated heterocycles.